The van der Waals surface area contributed by atoms with Gasteiger partial charge in [-0.3, -0.25) is 0 Å². The Morgan fingerprint density at radius 1 is 1.29 bits per heavy atom. The monoisotopic (exact) mass is 234 g/mol. The summed E-state index contributed by atoms with van der Waals surface area (Å²) < 4.78 is 10.6. The molecule has 0 aliphatic carbocycles. The van der Waals surface area contributed by atoms with Crippen molar-refractivity contribution in [2.24, 2.45) is 0 Å². The van der Waals surface area contributed by atoms with Crippen LogP contribution >= 0.6 is 0 Å². The van der Waals surface area contributed by atoms with Crippen LogP contribution in [-0.4, -0.2) is 26.3 Å². The predicted molar refractivity (Wildman–Crippen MR) is 66.3 cm³/mol. The molecule has 1 aromatic rings. The number of rotatable bonds is 6. The molecule has 1 rings (SSSR count). The topological polar surface area (TPSA) is 54.3 Å². The second-order valence-corrected chi connectivity index (χ2v) is 3.97. The molecule has 0 amide bonds. The van der Waals surface area contributed by atoms with E-state index in [9.17, 15) is 0 Å². The summed E-state index contributed by atoms with van der Waals surface area (Å²) >= 11 is 0. The van der Waals surface area contributed by atoms with Gasteiger partial charge in [-0.15, -0.1) is 0 Å². The van der Waals surface area contributed by atoms with E-state index in [0.29, 0.717) is 29.7 Å². The van der Waals surface area contributed by atoms with Crippen LogP contribution in [0.3, 0.4) is 0 Å². The highest BCUT2D eigenvalue weighted by Crippen LogP contribution is 2.22. The second-order valence-electron chi connectivity index (χ2n) is 3.97. The van der Waals surface area contributed by atoms with Crippen molar-refractivity contribution >= 4 is 0 Å². The molecule has 4 nitrogen and oxygen atoms in total. The van der Waals surface area contributed by atoms with Crippen LogP contribution in [0.1, 0.15) is 19.4 Å². The Morgan fingerprint density at radius 2 is 2.00 bits per heavy atom. The Labute approximate surface area is 102 Å². The van der Waals surface area contributed by atoms with Gasteiger partial charge in [0.2, 0.25) is 0 Å². The van der Waals surface area contributed by atoms with E-state index in [1.165, 1.54) is 0 Å². The molecular formula is C13H18N2O2. The molecule has 0 saturated carbocycles. The minimum absolute atomic E-state index is 0.443. The number of hydrogen-bond donors (Lipinski definition) is 1. The SMILES string of the molecule is COc1cc(C#N)cc(OCCNC(C)C)c1. The highest BCUT2D eigenvalue weighted by atomic mass is 16.5. The molecule has 0 atom stereocenters. The fraction of sp³-hybridized carbons (Fsp3) is 0.462. The van der Waals surface area contributed by atoms with E-state index in [0.717, 1.165) is 6.54 Å². The van der Waals surface area contributed by atoms with Crippen molar-refractivity contribution in [3.63, 3.8) is 0 Å². The summed E-state index contributed by atoms with van der Waals surface area (Å²) in [6, 6.07) is 7.68. The lowest BCUT2D eigenvalue weighted by atomic mass is 10.2. The van der Waals surface area contributed by atoms with Crippen LogP contribution in [0.4, 0.5) is 0 Å². The summed E-state index contributed by atoms with van der Waals surface area (Å²) in [5, 5.41) is 12.1. The van der Waals surface area contributed by atoms with Crippen LogP contribution in [-0.2, 0) is 0 Å². The van der Waals surface area contributed by atoms with Crippen molar-refractivity contribution in [2.75, 3.05) is 20.3 Å². The molecule has 1 N–H and O–H groups in total. The van der Waals surface area contributed by atoms with E-state index in [1.54, 1.807) is 25.3 Å². The molecule has 0 spiro atoms. The normalized spacial score (nSPS) is 10.1. The van der Waals surface area contributed by atoms with Gasteiger partial charge >= 0.3 is 0 Å². The third-order valence-corrected chi connectivity index (χ3v) is 2.17. The van der Waals surface area contributed by atoms with Gasteiger partial charge < -0.3 is 14.8 Å². The van der Waals surface area contributed by atoms with Gasteiger partial charge in [0.05, 0.1) is 18.7 Å². The quantitative estimate of drug-likeness (QED) is 0.764. The first-order valence-corrected chi connectivity index (χ1v) is 5.61. The van der Waals surface area contributed by atoms with Crippen molar-refractivity contribution in [3.8, 4) is 17.6 Å². The highest BCUT2D eigenvalue weighted by Gasteiger charge is 2.02. The number of ether oxygens (including phenoxy) is 2. The lowest BCUT2D eigenvalue weighted by molar-refractivity contribution is 0.306. The predicted octanol–water partition coefficient (Wildman–Crippen LogP) is 1.94. The Kier molecular flexibility index (Phi) is 5.31. The van der Waals surface area contributed by atoms with Crippen LogP contribution in [0, 0.1) is 11.3 Å². The van der Waals surface area contributed by atoms with E-state index in [1.807, 2.05) is 0 Å². The number of hydrogen-bond acceptors (Lipinski definition) is 4. The fourth-order valence-corrected chi connectivity index (χ4v) is 1.35. The molecule has 0 aromatic heterocycles. The minimum Gasteiger partial charge on any atom is -0.497 e. The van der Waals surface area contributed by atoms with Crippen molar-refractivity contribution in [1.82, 2.24) is 5.32 Å². The van der Waals surface area contributed by atoms with Crippen LogP contribution in [0.15, 0.2) is 18.2 Å². The number of benzene rings is 1. The molecule has 92 valence electrons. The summed E-state index contributed by atoms with van der Waals surface area (Å²) in [5.74, 6) is 1.29. The molecule has 0 saturated heterocycles. The molecule has 0 unspecified atom stereocenters. The summed E-state index contributed by atoms with van der Waals surface area (Å²) in [5.41, 5.74) is 0.538. The average Bonchev–Trinajstić information content (AvgIpc) is 2.34. The second kappa shape index (κ2) is 6.77. The maximum Gasteiger partial charge on any atom is 0.124 e. The molecule has 17 heavy (non-hydrogen) atoms. The molecule has 0 bridgehead atoms. The van der Waals surface area contributed by atoms with Gasteiger partial charge in [-0.1, -0.05) is 13.8 Å². The first kappa shape index (κ1) is 13.3. The lowest BCUT2D eigenvalue weighted by Crippen LogP contribution is -2.27. The molecular weight excluding hydrogens is 216 g/mol. The number of nitrogens with zero attached hydrogens (tertiary/aromatic N) is 1. The third-order valence-electron chi connectivity index (χ3n) is 2.17. The summed E-state index contributed by atoms with van der Waals surface area (Å²) in [6.45, 7) is 5.51. The Morgan fingerprint density at radius 3 is 2.59 bits per heavy atom. The van der Waals surface area contributed by atoms with Crippen molar-refractivity contribution in [3.05, 3.63) is 23.8 Å². The standard InChI is InChI=1S/C13H18N2O2/c1-10(2)15-4-5-17-13-7-11(9-14)6-12(8-13)16-3/h6-8,10,15H,4-5H2,1-3H3. The van der Waals surface area contributed by atoms with Gasteiger partial charge in [0.1, 0.15) is 18.1 Å². The highest BCUT2D eigenvalue weighted by molar-refractivity contribution is 5.43. The minimum atomic E-state index is 0.443. The summed E-state index contributed by atoms with van der Waals surface area (Å²) in [6.07, 6.45) is 0. The van der Waals surface area contributed by atoms with Crippen molar-refractivity contribution < 1.29 is 9.47 Å². The van der Waals surface area contributed by atoms with Gasteiger partial charge in [0.15, 0.2) is 0 Å². The van der Waals surface area contributed by atoms with Gasteiger partial charge in [-0.2, -0.15) is 5.26 Å². The smallest absolute Gasteiger partial charge is 0.124 e. The third kappa shape index (κ3) is 4.75. The van der Waals surface area contributed by atoms with E-state index in [-0.39, 0.29) is 0 Å². The fourth-order valence-electron chi connectivity index (χ4n) is 1.35. The molecule has 0 aliphatic rings. The maximum absolute atomic E-state index is 8.85. The largest absolute Gasteiger partial charge is 0.497 e. The summed E-state index contributed by atoms with van der Waals surface area (Å²) in [4.78, 5) is 0. The molecule has 1 aromatic carbocycles. The Bertz CT molecular complexity index is 397. The van der Waals surface area contributed by atoms with E-state index in [4.69, 9.17) is 14.7 Å². The zero-order valence-corrected chi connectivity index (χ0v) is 10.5. The molecule has 0 radical (unpaired) electrons. The van der Waals surface area contributed by atoms with Gasteiger partial charge in [-0.25, -0.2) is 0 Å². The van der Waals surface area contributed by atoms with Gasteiger partial charge in [0, 0.05) is 18.7 Å². The van der Waals surface area contributed by atoms with Crippen LogP contribution < -0.4 is 14.8 Å². The van der Waals surface area contributed by atoms with Gasteiger partial charge in [0.25, 0.3) is 0 Å². The Balaban J connectivity index is 2.55. The summed E-state index contributed by atoms with van der Waals surface area (Å²) in [7, 11) is 1.57. The van der Waals surface area contributed by atoms with Gasteiger partial charge in [-0.05, 0) is 12.1 Å². The molecule has 0 aliphatic heterocycles. The molecule has 4 heteroatoms. The first-order valence-electron chi connectivity index (χ1n) is 5.61. The van der Waals surface area contributed by atoms with Crippen molar-refractivity contribution in [2.45, 2.75) is 19.9 Å². The Hall–Kier alpha value is -1.73. The van der Waals surface area contributed by atoms with Crippen molar-refractivity contribution in [1.29, 1.82) is 5.26 Å². The first-order chi connectivity index (χ1) is 8.15. The maximum atomic E-state index is 8.85. The number of methoxy groups -OCH3 is 1. The number of nitrogens with one attached hydrogen (secondary N) is 1. The molecule has 0 heterocycles. The van der Waals surface area contributed by atoms with E-state index >= 15 is 0 Å². The molecule has 0 fully saturated rings. The van der Waals surface area contributed by atoms with Crippen LogP contribution in [0.2, 0.25) is 0 Å². The number of nitriles is 1. The average molecular weight is 234 g/mol. The van der Waals surface area contributed by atoms with E-state index in [2.05, 4.69) is 25.2 Å². The zero-order valence-electron chi connectivity index (χ0n) is 10.5. The van der Waals surface area contributed by atoms with Crippen LogP contribution in [0.25, 0.3) is 0 Å². The van der Waals surface area contributed by atoms with Crippen LogP contribution in [0.5, 0.6) is 11.5 Å². The zero-order chi connectivity index (χ0) is 12.7. The lowest BCUT2D eigenvalue weighted by Gasteiger charge is -2.10. The van der Waals surface area contributed by atoms with E-state index < -0.39 is 0 Å².